The monoisotopic (exact) mass is 238 g/mol. The fourth-order valence-corrected chi connectivity index (χ4v) is 2.01. The molecule has 1 saturated carbocycles. The molecule has 2 heteroatoms. The quantitative estimate of drug-likeness (QED) is 0.419. The highest BCUT2D eigenvalue weighted by molar-refractivity contribution is 5.04. The Morgan fingerprint density at radius 3 is 2.29 bits per heavy atom. The second-order valence-electron chi connectivity index (χ2n) is 5.72. The van der Waals surface area contributed by atoms with Crippen LogP contribution in [0.4, 0.5) is 0 Å². The van der Waals surface area contributed by atoms with Gasteiger partial charge in [-0.25, -0.2) is 9.78 Å². The van der Waals surface area contributed by atoms with Crippen LogP contribution in [-0.4, -0.2) is 12.2 Å². The molecule has 1 aliphatic rings. The molecule has 0 aromatic carbocycles. The number of hydrogen-bond acceptors (Lipinski definition) is 2. The van der Waals surface area contributed by atoms with Crippen LogP contribution in [0.25, 0.3) is 0 Å². The molecule has 17 heavy (non-hydrogen) atoms. The molecule has 0 bridgehead atoms. The standard InChI is InChI=1S/C15H26O2/c1-13(2)8-9-14(3)12-16-17-15(4)10-6-5-7-11-15/h13-14H,5-7,10-12H2,1-4H3. The average molecular weight is 238 g/mol. The normalized spacial score (nSPS) is 20.8. The van der Waals surface area contributed by atoms with E-state index >= 15 is 0 Å². The van der Waals surface area contributed by atoms with Crippen LogP contribution < -0.4 is 0 Å². The Bertz CT molecular complexity index is 266. The molecule has 0 radical (unpaired) electrons. The minimum Gasteiger partial charge on any atom is -0.235 e. The minimum atomic E-state index is -0.0660. The van der Waals surface area contributed by atoms with Gasteiger partial charge >= 0.3 is 0 Å². The third-order valence-corrected chi connectivity index (χ3v) is 3.11. The van der Waals surface area contributed by atoms with Crippen molar-refractivity contribution in [2.24, 2.45) is 11.8 Å². The van der Waals surface area contributed by atoms with E-state index in [1.807, 2.05) is 0 Å². The van der Waals surface area contributed by atoms with Crippen molar-refractivity contribution in [1.82, 2.24) is 0 Å². The van der Waals surface area contributed by atoms with Gasteiger partial charge in [0, 0.05) is 11.8 Å². The molecule has 1 fully saturated rings. The predicted octanol–water partition coefficient (Wildman–Crippen LogP) is 3.95. The Hall–Kier alpha value is -0.520. The molecular formula is C15H26O2. The summed E-state index contributed by atoms with van der Waals surface area (Å²) in [4.78, 5) is 10.9. The molecule has 0 N–H and O–H groups in total. The zero-order chi connectivity index (χ0) is 12.7. The van der Waals surface area contributed by atoms with Crippen molar-refractivity contribution in [3.8, 4) is 11.8 Å². The highest BCUT2D eigenvalue weighted by Crippen LogP contribution is 2.31. The van der Waals surface area contributed by atoms with E-state index in [9.17, 15) is 0 Å². The molecule has 98 valence electrons. The van der Waals surface area contributed by atoms with E-state index in [4.69, 9.17) is 9.78 Å². The van der Waals surface area contributed by atoms with Crippen LogP contribution in [-0.2, 0) is 9.78 Å². The van der Waals surface area contributed by atoms with Crippen molar-refractivity contribution < 1.29 is 9.78 Å². The summed E-state index contributed by atoms with van der Waals surface area (Å²) in [6.45, 7) is 8.98. The van der Waals surface area contributed by atoms with Gasteiger partial charge < -0.3 is 0 Å². The molecular weight excluding hydrogens is 212 g/mol. The van der Waals surface area contributed by atoms with Gasteiger partial charge in [0.05, 0.1) is 6.61 Å². The van der Waals surface area contributed by atoms with Gasteiger partial charge in [0.2, 0.25) is 0 Å². The molecule has 0 aromatic rings. The first-order valence-electron chi connectivity index (χ1n) is 6.83. The maximum absolute atomic E-state index is 5.58. The second-order valence-corrected chi connectivity index (χ2v) is 5.72. The van der Waals surface area contributed by atoms with Gasteiger partial charge in [-0.2, -0.15) is 0 Å². The first-order valence-corrected chi connectivity index (χ1v) is 6.83. The van der Waals surface area contributed by atoms with E-state index in [0.29, 0.717) is 12.5 Å². The smallest absolute Gasteiger partial charge is 0.101 e. The molecule has 0 aromatic heterocycles. The molecule has 2 nitrogen and oxygen atoms in total. The van der Waals surface area contributed by atoms with Crippen LogP contribution >= 0.6 is 0 Å². The maximum atomic E-state index is 5.58. The van der Waals surface area contributed by atoms with Crippen molar-refractivity contribution in [3.05, 3.63) is 0 Å². The van der Waals surface area contributed by atoms with E-state index in [1.54, 1.807) is 0 Å². The maximum Gasteiger partial charge on any atom is 0.101 e. The third-order valence-electron chi connectivity index (χ3n) is 3.11. The summed E-state index contributed by atoms with van der Waals surface area (Å²) in [5.41, 5.74) is -0.0660. The van der Waals surface area contributed by atoms with Gasteiger partial charge in [-0.15, -0.1) is 5.92 Å². The molecule has 0 amide bonds. The van der Waals surface area contributed by atoms with E-state index in [2.05, 4.69) is 39.5 Å². The molecule has 1 aliphatic carbocycles. The molecule has 1 rings (SSSR count). The Labute approximate surface area is 106 Å². The Kier molecular flexibility index (Phi) is 6.02. The van der Waals surface area contributed by atoms with Gasteiger partial charge in [-0.1, -0.05) is 39.0 Å². The lowest BCUT2D eigenvalue weighted by Crippen LogP contribution is -2.31. The second kappa shape index (κ2) is 7.03. The van der Waals surface area contributed by atoms with Crippen LogP contribution in [0.1, 0.15) is 59.8 Å². The summed E-state index contributed by atoms with van der Waals surface area (Å²) in [6.07, 6.45) is 6.05. The van der Waals surface area contributed by atoms with Crippen molar-refractivity contribution in [2.75, 3.05) is 6.61 Å². The molecule has 0 spiro atoms. The van der Waals surface area contributed by atoms with Gasteiger partial charge in [-0.05, 0) is 26.7 Å². The van der Waals surface area contributed by atoms with Crippen LogP contribution in [0.15, 0.2) is 0 Å². The number of rotatable bonds is 4. The third kappa shape index (κ3) is 6.10. The molecule has 1 atom stereocenters. The van der Waals surface area contributed by atoms with Gasteiger partial charge in [0.15, 0.2) is 0 Å². The van der Waals surface area contributed by atoms with Crippen molar-refractivity contribution >= 4 is 0 Å². The minimum absolute atomic E-state index is 0.0660. The van der Waals surface area contributed by atoms with Crippen LogP contribution in [0, 0.1) is 23.7 Å². The topological polar surface area (TPSA) is 18.5 Å². The van der Waals surface area contributed by atoms with Crippen molar-refractivity contribution in [2.45, 2.75) is 65.4 Å². The Morgan fingerprint density at radius 2 is 1.71 bits per heavy atom. The van der Waals surface area contributed by atoms with Gasteiger partial charge in [-0.3, -0.25) is 0 Å². The summed E-state index contributed by atoms with van der Waals surface area (Å²) in [5, 5.41) is 0. The number of hydrogen-bond donors (Lipinski definition) is 0. The molecule has 1 unspecified atom stereocenters. The predicted molar refractivity (Wildman–Crippen MR) is 70.3 cm³/mol. The lowest BCUT2D eigenvalue weighted by atomic mass is 9.87. The first kappa shape index (κ1) is 14.5. The molecule has 0 heterocycles. The van der Waals surface area contributed by atoms with Crippen LogP contribution in [0.2, 0.25) is 0 Å². The van der Waals surface area contributed by atoms with E-state index in [1.165, 1.54) is 19.3 Å². The highest BCUT2D eigenvalue weighted by Gasteiger charge is 2.28. The Balaban J connectivity index is 2.21. The largest absolute Gasteiger partial charge is 0.235 e. The lowest BCUT2D eigenvalue weighted by molar-refractivity contribution is -0.365. The Morgan fingerprint density at radius 1 is 1.06 bits per heavy atom. The fraction of sp³-hybridized carbons (Fsp3) is 0.867. The zero-order valence-electron chi connectivity index (χ0n) is 11.7. The summed E-state index contributed by atoms with van der Waals surface area (Å²) in [7, 11) is 0. The molecule has 0 aliphatic heterocycles. The van der Waals surface area contributed by atoms with E-state index < -0.39 is 0 Å². The van der Waals surface area contributed by atoms with Crippen LogP contribution in [0.3, 0.4) is 0 Å². The van der Waals surface area contributed by atoms with E-state index in [-0.39, 0.29) is 11.5 Å². The van der Waals surface area contributed by atoms with Crippen LogP contribution in [0.5, 0.6) is 0 Å². The SMILES string of the molecule is CC(C)C#CC(C)COOC1(C)CCCCC1. The van der Waals surface area contributed by atoms with Gasteiger partial charge in [0.25, 0.3) is 0 Å². The lowest BCUT2D eigenvalue weighted by Gasteiger charge is -2.31. The van der Waals surface area contributed by atoms with Crippen molar-refractivity contribution in [3.63, 3.8) is 0 Å². The molecule has 0 saturated heterocycles. The van der Waals surface area contributed by atoms with Crippen molar-refractivity contribution in [1.29, 1.82) is 0 Å². The van der Waals surface area contributed by atoms with E-state index in [0.717, 1.165) is 12.8 Å². The van der Waals surface area contributed by atoms with Gasteiger partial charge in [0.1, 0.15) is 5.60 Å². The summed E-state index contributed by atoms with van der Waals surface area (Å²) >= 11 is 0. The average Bonchev–Trinajstić information content (AvgIpc) is 2.27. The summed E-state index contributed by atoms with van der Waals surface area (Å²) in [6, 6.07) is 0. The summed E-state index contributed by atoms with van der Waals surface area (Å²) in [5.74, 6) is 7.00. The summed E-state index contributed by atoms with van der Waals surface area (Å²) < 4.78 is 0. The highest BCUT2D eigenvalue weighted by atomic mass is 17.2. The zero-order valence-corrected chi connectivity index (χ0v) is 11.7. The fourth-order valence-electron chi connectivity index (χ4n) is 2.01. The first-order chi connectivity index (χ1) is 8.02.